The van der Waals surface area contributed by atoms with Crippen LogP contribution in [-0.4, -0.2) is 30.8 Å². The zero-order chi connectivity index (χ0) is 14.2. The standard InChI is InChI=1S/C14H17BrN2O2/c1-8(2)16-4-5-17-12-9(3)6-10(15)7-11(12)13(18)14(17)19/h6-8,16H,4-5H2,1-3H3. The molecule has 4 nitrogen and oxygen atoms in total. The first-order valence-corrected chi connectivity index (χ1v) is 7.11. The lowest BCUT2D eigenvalue weighted by Crippen LogP contribution is -2.38. The summed E-state index contributed by atoms with van der Waals surface area (Å²) < 4.78 is 0.826. The predicted octanol–water partition coefficient (Wildman–Crippen LogP) is 2.28. The van der Waals surface area contributed by atoms with Gasteiger partial charge >= 0.3 is 0 Å². The van der Waals surface area contributed by atoms with Gasteiger partial charge in [0.25, 0.3) is 11.7 Å². The number of halogens is 1. The second kappa shape index (κ2) is 5.43. The Morgan fingerprint density at radius 2 is 2.00 bits per heavy atom. The normalized spacial score (nSPS) is 14.5. The van der Waals surface area contributed by atoms with E-state index in [0.717, 1.165) is 15.7 Å². The van der Waals surface area contributed by atoms with Gasteiger partial charge in [0.05, 0.1) is 11.3 Å². The number of aryl methyl sites for hydroxylation is 1. The molecule has 0 atom stereocenters. The molecule has 1 N–H and O–H groups in total. The maximum Gasteiger partial charge on any atom is 0.299 e. The second-order valence-electron chi connectivity index (χ2n) is 5.01. The molecule has 0 unspecified atom stereocenters. The van der Waals surface area contributed by atoms with Crippen LogP contribution in [0.1, 0.15) is 29.8 Å². The minimum Gasteiger partial charge on any atom is -0.313 e. The van der Waals surface area contributed by atoms with Gasteiger partial charge in [-0.3, -0.25) is 9.59 Å². The van der Waals surface area contributed by atoms with Gasteiger partial charge < -0.3 is 10.2 Å². The minimum atomic E-state index is -0.429. The molecule has 0 radical (unpaired) electrons. The van der Waals surface area contributed by atoms with Gasteiger partial charge in [-0.25, -0.2) is 0 Å². The molecule has 0 spiro atoms. The number of amides is 1. The number of benzene rings is 1. The van der Waals surface area contributed by atoms with E-state index in [0.29, 0.717) is 24.7 Å². The average Bonchev–Trinajstić information content (AvgIpc) is 2.54. The molecule has 0 bridgehead atoms. The maximum absolute atomic E-state index is 12.0. The Hall–Kier alpha value is -1.20. The topological polar surface area (TPSA) is 49.4 Å². The van der Waals surface area contributed by atoms with E-state index in [2.05, 4.69) is 21.2 Å². The molecule has 2 rings (SSSR count). The van der Waals surface area contributed by atoms with Gasteiger partial charge in [-0.05, 0) is 24.6 Å². The van der Waals surface area contributed by atoms with Crippen LogP contribution in [0.5, 0.6) is 0 Å². The molecule has 5 heteroatoms. The molecular weight excluding hydrogens is 308 g/mol. The molecule has 0 aromatic heterocycles. The van der Waals surface area contributed by atoms with Crippen molar-refractivity contribution in [2.45, 2.75) is 26.8 Å². The number of rotatable bonds is 4. The highest BCUT2D eigenvalue weighted by atomic mass is 79.9. The van der Waals surface area contributed by atoms with Crippen LogP contribution < -0.4 is 10.2 Å². The number of anilines is 1. The molecular formula is C14H17BrN2O2. The van der Waals surface area contributed by atoms with E-state index in [1.165, 1.54) is 0 Å². The Kier molecular flexibility index (Phi) is 4.06. The fourth-order valence-corrected chi connectivity index (χ4v) is 2.86. The molecule has 102 valence electrons. The zero-order valence-corrected chi connectivity index (χ0v) is 12.9. The highest BCUT2D eigenvalue weighted by molar-refractivity contribution is 9.10. The number of hydrogen-bond acceptors (Lipinski definition) is 3. The molecule has 0 saturated carbocycles. The van der Waals surface area contributed by atoms with Gasteiger partial charge in [-0.15, -0.1) is 0 Å². The van der Waals surface area contributed by atoms with Gasteiger partial charge in [0.15, 0.2) is 0 Å². The van der Waals surface area contributed by atoms with Gasteiger partial charge in [-0.1, -0.05) is 29.8 Å². The molecule has 19 heavy (non-hydrogen) atoms. The van der Waals surface area contributed by atoms with Crippen molar-refractivity contribution in [2.75, 3.05) is 18.0 Å². The van der Waals surface area contributed by atoms with E-state index in [9.17, 15) is 9.59 Å². The van der Waals surface area contributed by atoms with E-state index < -0.39 is 11.7 Å². The van der Waals surface area contributed by atoms with E-state index >= 15 is 0 Å². The van der Waals surface area contributed by atoms with Crippen LogP contribution in [0, 0.1) is 6.92 Å². The third kappa shape index (κ3) is 2.72. The number of carbonyl (C=O) groups excluding carboxylic acids is 2. The van der Waals surface area contributed by atoms with Crippen molar-refractivity contribution in [2.24, 2.45) is 0 Å². The molecule has 0 saturated heterocycles. The molecule has 1 amide bonds. The molecule has 0 fully saturated rings. The van der Waals surface area contributed by atoms with E-state index in [1.54, 1.807) is 11.0 Å². The molecule has 1 aliphatic rings. The van der Waals surface area contributed by atoms with Crippen LogP contribution >= 0.6 is 15.9 Å². The van der Waals surface area contributed by atoms with Crippen LogP contribution in [0.2, 0.25) is 0 Å². The average molecular weight is 325 g/mol. The Morgan fingerprint density at radius 1 is 1.32 bits per heavy atom. The Morgan fingerprint density at radius 3 is 2.63 bits per heavy atom. The lowest BCUT2D eigenvalue weighted by atomic mass is 10.1. The molecule has 1 aromatic rings. The summed E-state index contributed by atoms with van der Waals surface area (Å²) in [4.78, 5) is 25.6. The van der Waals surface area contributed by atoms with Crippen LogP contribution in [0.15, 0.2) is 16.6 Å². The number of hydrogen-bond donors (Lipinski definition) is 1. The first-order valence-electron chi connectivity index (χ1n) is 6.31. The predicted molar refractivity (Wildman–Crippen MR) is 78.7 cm³/mol. The number of nitrogens with one attached hydrogen (secondary N) is 1. The number of ketones is 1. The van der Waals surface area contributed by atoms with Gasteiger partial charge in [0.1, 0.15) is 0 Å². The second-order valence-corrected chi connectivity index (χ2v) is 5.93. The highest BCUT2D eigenvalue weighted by Gasteiger charge is 2.36. The monoisotopic (exact) mass is 324 g/mol. The van der Waals surface area contributed by atoms with Crippen LogP contribution in [0.25, 0.3) is 0 Å². The lowest BCUT2D eigenvalue weighted by Gasteiger charge is -2.19. The van der Waals surface area contributed by atoms with Gasteiger partial charge in [0.2, 0.25) is 0 Å². The van der Waals surface area contributed by atoms with Crippen LogP contribution in [-0.2, 0) is 4.79 Å². The van der Waals surface area contributed by atoms with Crippen molar-refractivity contribution < 1.29 is 9.59 Å². The third-order valence-electron chi connectivity index (χ3n) is 3.11. The minimum absolute atomic E-state index is 0.360. The smallest absolute Gasteiger partial charge is 0.299 e. The first kappa shape index (κ1) is 14.2. The Balaban J connectivity index is 2.28. The summed E-state index contributed by atoms with van der Waals surface area (Å²) >= 11 is 3.36. The summed E-state index contributed by atoms with van der Waals surface area (Å²) in [7, 11) is 0. The summed E-state index contributed by atoms with van der Waals surface area (Å²) in [6.45, 7) is 7.20. The van der Waals surface area contributed by atoms with E-state index in [-0.39, 0.29) is 0 Å². The first-order chi connectivity index (χ1) is 8.91. The Bertz CT molecular complexity index is 540. The van der Waals surface area contributed by atoms with Crippen molar-refractivity contribution >= 4 is 33.3 Å². The van der Waals surface area contributed by atoms with Crippen LogP contribution in [0.3, 0.4) is 0 Å². The quantitative estimate of drug-likeness (QED) is 0.864. The molecule has 0 aliphatic carbocycles. The summed E-state index contributed by atoms with van der Waals surface area (Å²) in [5, 5.41) is 3.25. The fourth-order valence-electron chi connectivity index (χ4n) is 2.28. The lowest BCUT2D eigenvalue weighted by molar-refractivity contribution is -0.114. The molecule has 1 heterocycles. The Labute approximate surface area is 121 Å². The van der Waals surface area contributed by atoms with E-state index in [4.69, 9.17) is 0 Å². The SMILES string of the molecule is Cc1cc(Br)cc2c1N(CCNC(C)C)C(=O)C2=O. The van der Waals surface area contributed by atoms with Crippen molar-refractivity contribution in [1.29, 1.82) is 0 Å². The summed E-state index contributed by atoms with van der Waals surface area (Å²) in [6, 6.07) is 4.00. The summed E-state index contributed by atoms with van der Waals surface area (Å²) in [6.07, 6.45) is 0. The molecule has 1 aromatic carbocycles. The van der Waals surface area contributed by atoms with Gasteiger partial charge in [0, 0.05) is 23.6 Å². The number of Topliss-reactive ketones (excluding diaryl/α,β-unsaturated/α-hetero) is 1. The fraction of sp³-hybridized carbons (Fsp3) is 0.429. The maximum atomic E-state index is 12.0. The van der Waals surface area contributed by atoms with Crippen molar-refractivity contribution in [1.82, 2.24) is 5.32 Å². The number of carbonyl (C=O) groups is 2. The van der Waals surface area contributed by atoms with Gasteiger partial charge in [-0.2, -0.15) is 0 Å². The van der Waals surface area contributed by atoms with E-state index in [1.807, 2.05) is 26.8 Å². The van der Waals surface area contributed by atoms with Crippen molar-refractivity contribution in [3.8, 4) is 0 Å². The van der Waals surface area contributed by atoms with Crippen LogP contribution in [0.4, 0.5) is 5.69 Å². The summed E-state index contributed by atoms with van der Waals surface area (Å²) in [5.41, 5.74) is 2.19. The number of nitrogens with zero attached hydrogens (tertiary/aromatic N) is 1. The van der Waals surface area contributed by atoms with Crippen molar-refractivity contribution in [3.63, 3.8) is 0 Å². The number of fused-ring (bicyclic) bond motifs is 1. The summed E-state index contributed by atoms with van der Waals surface area (Å²) in [5.74, 6) is -0.842. The highest BCUT2D eigenvalue weighted by Crippen LogP contribution is 2.34. The largest absolute Gasteiger partial charge is 0.313 e. The molecule has 1 aliphatic heterocycles. The van der Waals surface area contributed by atoms with Crippen molar-refractivity contribution in [3.05, 3.63) is 27.7 Å². The third-order valence-corrected chi connectivity index (χ3v) is 3.57. The zero-order valence-electron chi connectivity index (χ0n) is 11.3.